The summed E-state index contributed by atoms with van der Waals surface area (Å²) in [4.78, 5) is 43.5. The maximum Gasteiger partial charge on any atom is 0.250 e. The summed E-state index contributed by atoms with van der Waals surface area (Å²) in [6, 6.07) is 14.6. The Bertz CT molecular complexity index is 1010. The van der Waals surface area contributed by atoms with Crippen molar-refractivity contribution in [2.24, 2.45) is 0 Å². The Kier molecular flexibility index (Phi) is 6.99. The number of nitrogens with zero attached hydrogens (tertiary/aromatic N) is 2. The van der Waals surface area contributed by atoms with Crippen LogP contribution in [0.5, 0.6) is 5.75 Å². The first kappa shape index (κ1) is 22.2. The third-order valence-electron chi connectivity index (χ3n) is 5.55. The lowest BCUT2D eigenvalue weighted by Gasteiger charge is -2.36. The lowest BCUT2D eigenvalue weighted by Crippen LogP contribution is -2.52. The van der Waals surface area contributed by atoms with Crippen LogP contribution in [0.1, 0.15) is 26.2 Å². The fraction of sp³-hybridized carbons (Fsp3) is 0.375. The van der Waals surface area contributed by atoms with Gasteiger partial charge in [0.2, 0.25) is 11.8 Å². The monoisotopic (exact) mass is 453 g/mol. The van der Waals surface area contributed by atoms with Gasteiger partial charge in [-0.3, -0.25) is 14.4 Å². The molecule has 2 aromatic rings. The van der Waals surface area contributed by atoms with Crippen molar-refractivity contribution in [3.05, 3.63) is 48.5 Å². The van der Waals surface area contributed by atoms with Crippen LogP contribution in [0.2, 0.25) is 0 Å². The number of amides is 3. The molecule has 3 amide bonds. The molecule has 0 spiro atoms. The molecular formula is C24H27N3O4S. The Hall–Kier alpha value is -3.00. The molecule has 4 rings (SSSR count). The van der Waals surface area contributed by atoms with Crippen molar-refractivity contribution in [1.82, 2.24) is 4.90 Å². The number of nitrogens with one attached hydrogen (secondary N) is 1. The van der Waals surface area contributed by atoms with Crippen LogP contribution in [0.4, 0.5) is 11.4 Å². The summed E-state index contributed by atoms with van der Waals surface area (Å²) in [6.45, 7) is 3.53. The smallest absolute Gasteiger partial charge is 0.250 e. The number of fused-ring (bicyclic) bond motifs is 1. The van der Waals surface area contributed by atoms with E-state index >= 15 is 0 Å². The fourth-order valence-corrected chi connectivity index (χ4v) is 5.19. The molecule has 2 heterocycles. The summed E-state index contributed by atoms with van der Waals surface area (Å²) in [6.07, 6.45) is 3.02. The molecule has 168 valence electrons. The van der Waals surface area contributed by atoms with E-state index in [9.17, 15) is 14.4 Å². The summed E-state index contributed by atoms with van der Waals surface area (Å²) in [5.41, 5.74) is 1.20. The highest BCUT2D eigenvalue weighted by Gasteiger charge is 2.41. The number of hydrogen-bond donors (Lipinski definition) is 1. The molecule has 32 heavy (non-hydrogen) atoms. The molecule has 2 aliphatic rings. The molecule has 0 aliphatic carbocycles. The number of carbonyl (C=O) groups is 3. The zero-order chi connectivity index (χ0) is 22.5. The number of rotatable bonds is 6. The third kappa shape index (κ3) is 4.75. The average molecular weight is 454 g/mol. The molecule has 0 aromatic heterocycles. The fourth-order valence-electron chi connectivity index (χ4n) is 4.00. The van der Waals surface area contributed by atoms with Crippen molar-refractivity contribution in [1.29, 1.82) is 0 Å². The number of para-hydroxylation sites is 3. The summed E-state index contributed by atoms with van der Waals surface area (Å²) in [5, 5.41) is 1.97. The van der Waals surface area contributed by atoms with Crippen LogP contribution >= 0.6 is 11.8 Å². The maximum absolute atomic E-state index is 13.4. The van der Waals surface area contributed by atoms with Gasteiger partial charge >= 0.3 is 0 Å². The zero-order valence-corrected chi connectivity index (χ0v) is 18.9. The molecule has 1 fully saturated rings. The molecule has 0 unspecified atom stereocenters. The van der Waals surface area contributed by atoms with Gasteiger partial charge in [0.1, 0.15) is 12.3 Å². The van der Waals surface area contributed by atoms with Gasteiger partial charge in [0, 0.05) is 18.0 Å². The summed E-state index contributed by atoms with van der Waals surface area (Å²) in [5.74, 6) is -0.294. The minimum Gasteiger partial charge on any atom is -0.492 e. The Morgan fingerprint density at radius 3 is 2.56 bits per heavy atom. The minimum atomic E-state index is -0.869. The predicted molar refractivity (Wildman–Crippen MR) is 125 cm³/mol. The number of anilines is 2. The van der Waals surface area contributed by atoms with Gasteiger partial charge in [0.05, 0.1) is 18.0 Å². The topological polar surface area (TPSA) is 79.0 Å². The Labute approximate surface area is 192 Å². The Balaban J connectivity index is 1.54. The third-order valence-corrected chi connectivity index (χ3v) is 6.78. The molecule has 0 bridgehead atoms. The van der Waals surface area contributed by atoms with Crippen LogP contribution in [-0.2, 0) is 14.4 Å². The molecule has 8 heteroatoms. The maximum atomic E-state index is 13.4. The van der Waals surface area contributed by atoms with Crippen molar-refractivity contribution in [3.8, 4) is 5.75 Å². The van der Waals surface area contributed by atoms with Crippen molar-refractivity contribution >= 4 is 40.9 Å². The highest BCUT2D eigenvalue weighted by molar-refractivity contribution is 8.01. The van der Waals surface area contributed by atoms with Crippen molar-refractivity contribution < 1.29 is 19.1 Å². The van der Waals surface area contributed by atoms with E-state index in [0.29, 0.717) is 36.8 Å². The second-order valence-corrected chi connectivity index (χ2v) is 8.90. The standard InChI is InChI=1S/C24H27N3O4S/c1-2-31-19-12-6-4-10-17(19)25-21(28)16-27-18-11-5-7-13-20(18)32-22(24(27)30)23(29)26-14-8-3-9-15-26/h4-7,10-13,22H,2-3,8-9,14-16H2,1H3,(H,25,28)/t22-/m0/s1. The van der Waals surface area contributed by atoms with Crippen molar-refractivity contribution in [2.45, 2.75) is 36.3 Å². The van der Waals surface area contributed by atoms with Crippen LogP contribution in [0, 0.1) is 0 Å². The first-order valence-electron chi connectivity index (χ1n) is 11.0. The van der Waals surface area contributed by atoms with Gasteiger partial charge in [-0.15, -0.1) is 11.8 Å². The SMILES string of the molecule is CCOc1ccccc1NC(=O)CN1C(=O)[C@H](C(=O)N2CCCCC2)Sc2ccccc21. The second-order valence-electron chi connectivity index (χ2n) is 7.75. The van der Waals surface area contributed by atoms with Gasteiger partial charge in [-0.2, -0.15) is 0 Å². The van der Waals surface area contributed by atoms with Gasteiger partial charge in [0.25, 0.3) is 5.91 Å². The molecule has 7 nitrogen and oxygen atoms in total. The van der Waals surface area contributed by atoms with Crippen LogP contribution < -0.4 is 15.0 Å². The van der Waals surface area contributed by atoms with Crippen LogP contribution in [0.25, 0.3) is 0 Å². The molecular weight excluding hydrogens is 426 g/mol. The van der Waals surface area contributed by atoms with Crippen LogP contribution in [-0.4, -0.2) is 54.1 Å². The molecule has 1 saturated heterocycles. The van der Waals surface area contributed by atoms with Crippen LogP contribution in [0.15, 0.2) is 53.4 Å². The first-order valence-corrected chi connectivity index (χ1v) is 11.8. The number of likely N-dealkylation sites (tertiary alicyclic amines) is 1. The normalized spacial score (nSPS) is 18.2. The van der Waals surface area contributed by atoms with Gasteiger partial charge in [-0.1, -0.05) is 24.3 Å². The van der Waals surface area contributed by atoms with E-state index in [2.05, 4.69) is 5.32 Å². The lowest BCUT2D eigenvalue weighted by molar-refractivity contribution is -0.135. The summed E-state index contributed by atoms with van der Waals surface area (Å²) < 4.78 is 5.57. The van der Waals surface area contributed by atoms with E-state index in [1.165, 1.54) is 16.7 Å². The lowest BCUT2D eigenvalue weighted by atomic mass is 10.1. The second kappa shape index (κ2) is 10.1. The Morgan fingerprint density at radius 2 is 1.78 bits per heavy atom. The van der Waals surface area contributed by atoms with E-state index in [4.69, 9.17) is 4.74 Å². The van der Waals surface area contributed by atoms with E-state index in [0.717, 1.165) is 24.2 Å². The molecule has 2 aliphatic heterocycles. The summed E-state index contributed by atoms with van der Waals surface area (Å²) >= 11 is 1.28. The quantitative estimate of drug-likeness (QED) is 0.677. The van der Waals surface area contributed by atoms with Gasteiger partial charge in [-0.05, 0) is 50.5 Å². The molecule has 0 radical (unpaired) electrons. The highest BCUT2D eigenvalue weighted by atomic mass is 32.2. The van der Waals surface area contributed by atoms with E-state index < -0.39 is 5.25 Å². The molecule has 0 saturated carbocycles. The highest BCUT2D eigenvalue weighted by Crippen LogP contribution is 2.40. The molecule has 1 N–H and O–H groups in total. The molecule has 2 aromatic carbocycles. The summed E-state index contributed by atoms with van der Waals surface area (Å²) in [7, 11) is 0. The van der Waals surface area contributed by atoms with Gasteiger partial charge in [0.15, 0.2) is 5.25 Å². The number of piperidine rings is 1. The van der Waals surface area contributed by atoms with E-state index in [1.807, 2.05) is 43.3 Å². The van der Waals surface area contributed by atoms with Gasteiger partial charge < -0.3 is 19.9 Å². The van der Waals surface area contributed by atoms with Gasteiger partial charge in [-0.25, -0.2) is 0 Å². The zero-order valence-electron chi connectivity index (χ0n) is 18.1. The number of thioether (sulfide) groups is 1. The number of benzene rings is 2. The Morgan fingerprint density at radius 1 is 1.06 bits per heavy atom. The number of ether oxygens (including phenoxy) is 1. The van der Waals surface area contributed by atoms with Crippen molar-refractivity contribution in [3.63, 3.8) is 0 Å². The largest absolute Gasteiger partial charge is 0.492 e. The number of hydrogen-bond acceptors (Lipinski definition) is 5. The first-order chi connectivity index (χ1) is 15.6. The minimum absolute atomic E-state index is 0.165. The molecule has 1 atom stereocenters. The van der Waals surface area contributed by atoms with Crippen molar-refractivity contribution in [2.75, 3.05) is 36.5 Å². The average Bonchev–Trinajstić information content (AvgIpc) is 2.82. The number of carbonyl (C=O) groups excluding carboxylic acids is 3. The predicted octanol–water partition coefficient (Wildman–Crippen LogP) is 3.54. The van der Waals surface area contributed by atoms with E-state index in [-0.39, 0.29) is 24.3 Å². The van der Waals surface area contributed by atoms with Crippen LogP contribution in [0.3, 0.4) is 0 Å². The van der Waals surface area contributed by atoms with E-state index in [1.54, 1.807) is 17.0 Å².